The van der Waals surface area contributed by atoms with Crippen molar-refractivity contribution in [3.63, 3.8) is 0 Å². The Labute approximate surface area is 168 Å². The molecule has 7 nitrogen and oxygen atoms in total. The Hall–Kier alpha value is -2.80. The van der Waals surface area contributed by atoms with Gasteiger partial charge >= 0.3 is 5.97 Å². The second kappa shape index (κ2) is 8.93. The molecule has 8 heteroatoms. The van der Waals surface area contributed by atoms with Gasteiger partial charge in [0.25, 0.3) is 5.91 Å². The minimum absolute atomic E-state index is 0.158. The van der Waals surface area contributed by atoms with Gasteiger partial charge in [-0.1, -0.05) is 11.6 Å². The number of primary amides is 1. The third-order valence-corrected chi connectivity index (χ3v) is 4.84. The first-order valence-electron chi connectivity index (χ1n) is 9.06. The molecule has 1 aliphatic rings. The van der Waals surface area contributed by atoms with Crippen molar-refractivity contribution < 1.29 is 19.1 Å². The van der Waals surface area contributed by atoms with Crippen LogP contribution in [0.25, 0.3) is 0 Å². The molecule has 1 unspecified atom stereocenters. The Kier molecular flexibility index (Phi) is 6.36. The maximum atomic E-state index is 12.4. The number of carbonyl (C=O) groups excluding carboxylic acids is 2. The Morgan fingerprint density at radius 2 is 1.79 bits per heavy atom. The molecule has 28 heavy (non-hydrogen) atoms. The van der Waals surface area contributed by atoms with E-state index in [1.54, 1.807) is 37.4 Å². The van der Waals surface area contributed by atoms with Crippen LogP contribution in [0.3, 0.4) is 0 Å². The first kappa shape index (κ1) is 19.9. The molecule has 2 heterocycles. The molecule has 0 radical (unpaired) electrons. The van der Waals surface area contributed by atoms with Crippen molar-refractivity contribution >= 4 is 29.3 Å². The molecule has 2 N–H and O–H groups in total. The number of halogens is 1. The quantitative estimate of drug-likeness (QED) is 0.588. The zero-order valence-electron chi connectivity index (χ0n) is 15.5. The molecule has 0 spiro atoms. The van der Waals surface area contributed by atoms with Gasteiger partial charge in [-0.25, -0.2) is 4.98 Å². The maximum Gasteiger partial charge on any atom is 0.314 e. The van der Waals surface area contributed by atoms with Crippen LogP contribution in [0.1, 0.15) is 19.8 Å². The average molecular weight is 404 g/mol. The lowest BCUT2D eigenvalue weighted by atomic mass is 9.97. The molecule has 2 aromatic rings. The summed E-state index contributed by atoms with van der Waals surface area (Å²) in [5.41, 5.74) is 5.17. The van der Waals surface area contributed by atoms with E-state index < -0.39 is 12.0 Å². The second-order valence-electron chi connectivity index (χ2n) is 6.65. The fourth-order valence-corrected chi connectivity index (χ4v) is 3.06. The van der Waals surface area contributed by atoms with E-state index in [1.807, 2.05) is 12.1 Å². The van der Waals surface area contributed by atoms with Gasteiger partial charge in [0.2, 0.25) is 0 Å². The molecule has 0 aliphatic carbocycles. The largest absolute Gasteiger partial charge is 0.481 e. The van der Waals surface area contributed by atoms with Crippen LogP contribution in [0.15, 0.2) is 42.6 Å². The number of piperidine rings is 1. The summed E-state index contributed by atoms with van der Waals surface area (Å²) < 4.78 is 10.9. The molecule has 1 aromatic carbocycles. The molecule has 1 aliphatic heterocycles. The standard InChI is InChI=1S/C20H22ClN3O4/c1-13(19(22)25)27-16-3-5-17(6-4-16)28-20(26)14-8-10-24(11-9-14)18-7-2-15(21)12-23-18/h2-7,12-14H,8-11H2,1H3,(H2,22,25). The Morgan fingerprint density at radius 3 is 2.36 bits per heavy atom. The number of nitrogens with two attached hydrogens (primary N) is 1. The van der Waals surface area contributed by atoms with Crippen LogP contribution in [0.4, 0.5) is 5.82 Å². The monoisotopic (exact) mass is 403 g/mol. The van der Waals surface area contributed by atoms with Crippen molar-refractivity contribution in [2.45, 2.75) is 25.9 Å². The summed E-state index contributed by atoms with van der Waals surface area (Å²) in [5, 5.41) is 0.600. The molecule has 1 fully saturated rings. The number of hydrogen-bond acceptors (Lipinski definition) is 6. The molecule has 148 valence electrons. The van der Waals surface area contributed by atoms with E-state index in [1.165, 1.54) is 0 Å². The van der Waals surface area contributed by atoms with Crippen LogP contribution in [-0.2, 0) is 9.59 Å². The van der Waals surface area contributed by atoms with E-state index >= 15 is 0 Å². The molecule has 1 saturated heterocycles. The predicted molar refractivity (Wildman–Crippen MR) is 106 cm³/mol. The first-order chi connectivity index (χ1) is 13.4. The maximum absolute atomic E-state index is 12.4. The van der Waals surface area contributed by atoms with Crippen molar-refractivity contribution in [1.82, 2.24) is 4.98 Å². The number of ether oxygens (including phenoxy) is 2. The van der Waals surface area contributed by atoms with Crippen LogP contribution < -0.4 is 20.1 Å². The van der Waals surface area contributed by atoms with E-state index in [0.29, 0.717) is 29.4 Å². The number of anilines is 1. The van der Waals surface area contributed by atoms with Gasteiger partial charge in [0.1, 0.15) is 17.3 Å². The lowest BCUT2D eigenvalue weighted by Gasteiger charge is -2.31. The van der Waals surface area contributed by atoms with E-state index in [0.717, 1.165) is 18.9 Å². The van der Waals surface area contributed by atoms with Crippen LogP contribution >= 0.6 is 11.6 Å². The minimum Gasteiger partial charge on any atom is -0.481 e. The number of carbonyl (C=O) groups is 2. The smallest absolute Gasteiger partial charge is 0.314 e. The molecular formula is C20H22ClN3O4. The summed E-state index contributed by atoms with van der Waals surface area (Å²) in [6.07, 6.45) is 2.28. The minimum atomic E-state index is -0.728. The predicted octanol–water partition coefficient (Wildman–Crippen LogP) is 2.81. The Morgan fingerprint density at radius 1 is 1.14 bits per heavy atom. The van der Waals surface area contributed by atoms with Crippen molar-refractivity contribution in [3.8, 4) is 11.5 Å². The van der Waals surface area contributed by atoms with Gasteiger partial charge in [-0.3, -0.25) is 9.59 Å². The van der Waals surface area contributed by atoms with Crippen LogP contribution in [-0.4, -0.2) is 36.1 Å². The summed E-state index contributed by atoms with van der Waals surface area (Å²) in [6, 6.07) is 10.2. The summed E-state index contributed by atoms with van der Waals surface area (Å²) in [7, 11) is 0. The van der Waals surface area contributed by atoms with E-state index in [4.69, 9.17) is 26.8 Å². The van der Waals surface area contributed by atoms with Crippen molar-refractivity contribution in [3.05, 3.63) is 47.6 Å². The molecule has 3 rings (SSSR count). The summed E-state index contributed by atoms with van der Waals surface area (Å²) in [4.78, 5) is 29.9. The van der Waals surface area contributed by atoms with E-state index in [9.17, 15) is 9.59 Å². The third kappa shape index (κ3) is 5.13. The van der Waals surface area contributed by atoms with Gasteiger partial charge in [0, 0.05) is 19.3 Å². The first-order valence-corrected chi connectivity index (χ1v) is 9.44. The fraction of sp³-hybridized carbons (Fsp3) is 0.350. The molecule has 1 amide bonds. The lowest BCUT2D eigenvalue weighted by molar-refractivity contribution is -0.139. The van der Waals surface area contributed by atoms with Crippen molar-refractivity contribution in [2.75, 3.05) is 18.0 Å². The van der Waals surface area contributed by atoms with Gasteiger partial charge in [-0.2, -0.15) is 0 Å². The average Bonchev–Trinajstić information content (AvgIpc) is 2.70. The van der Waals surface area contributed by atoms with Crippen molar-refractivity contribution in [1.29, 1.82) is 0 Å². The highest BCUT2D eigenvalue weighted by Gasteiger charge is 2.27. The number of nitrogens with zero attached hydrogens (tertiary/aromatic N) is 2. The Bertz CT molecular complexity index is 818. The molecule has 0 saturated carbocycles. The number of amides is 1. The summed E-state index contributed by atoms with van der Waals surface area (Å²) in [5.74, 6) is 0.825. The van der Waals surface area contributed by atoms with Gasteiger partial charge in [0.05, 0.1) is 10.9 Å². The molecule has 1 aromatic heterocycles. The highest BCUT2D eigenvalue weighted by atomic mass is 35.5. The number of pyridine rings is 1. The third-order valence-electron chi connectivity index (χ3n) is 4.62. The number of aromatic nitrogens is 1. The number of rotatable bonds is 6. The Balaban J connectivity index is 1.50. The van der Waals surface area contributed by atoms with Gasteiger partial charge in [-0.15, -0.1) is 0 Å². The fourth-order valence-electron chi connectivity index (χ4n) is 2.95. The normalized spacial score (nSPS) is 15.7. The van der Waals surface area contributed by atoms with Gasteiger partial charge in [0.15, 0.2) is 6.10 Å². The van der Waals surface area contributed by atoms with Gasteiger partial charge in [-0.05, 0) is 56.2 Å². The number of esters is 1. The van der Waals surface area contributed by atoms with E-state index in [-0.39, 0.29) is 11.9 Å². The number of benzene rings is 1. The zero-order chi connectivity index (χ0) is 20.1. The van der Waals surface area contributed by atoms with Crippen LogP contribution in [0.2, 0.25) is 5.02 Å². The second-order valence-corrected chi connectivity index (χ2v) is 7.09. The molecule has 0 bridgehead atoms. The van der Waals surface area contributed by atoms with Gasteiger partial charge < -0.3 is 20.1 Å². The topological polar surface area (TPSA) is 94.8 Å². The van der Waals surface area contributed by atoms with Crippen LogP contribution in [0, 0.1) is 5.92 Å². The SMILES string of the molecule is CC(Oc1ccc(OC(=O)C2CCN(c3ccc(Cl)cn3)CC2)cc1)C(N)=O. The lowest BCUT2D eigenvalue weighted by Crippen LogP contribution is -2.38. The number of hydrogen-bond donors (Lipinski definition) is 1. The molecule has 1 atom stereocenters. The highest BCUT2D eigenvalue weighted by Crippen LogP contribution is 2.25. The summed E-state index contributed by atoms with van der Waals surface area (Å²) >= 11 is 5.87. The van der Waals surface area contributed by atoms with Crippen LogP contribution in [0.5, 0.6) is 11.5 Å². The highest BCUT2D eigenvalue weighted by molar-refractivity contribution is 6.30. The van der Waals surface area contributed by atoms with Crippen molar-refractivity contribution in [2.24, 2.45) is 11.7 Å². The van der Waals surface area contributed by atoms with E-state index in [2.05, 4.69) is 9.88 Å². The zero-order valence-corrected chi connectivity index (χ0v) is 16.3. The molecular weight excluding hydrogens is 382 g/mol. The summed E-state index contributed by atoms with van der Waals surface area (Å²) in [6.45, 7) is 3.03.